The number of H-pyrrole nitrogens is 1. The molecule has 3 heteroatoms. The van der Waals surface area contributed by atoms with Gasteiger partial charge in [-0.05, 0) is 19.9 Å². The molecule has 1 rings (SSSR count). The van der Waals surface area contributed by atoms with Crippen molar-refractivity contribution in [1.29, 1.82) is 0 Å². The molecule has 0 aliphatic heterocycles. The summed E-state index contributed by atoms with van der Waals surface area (Å²) in [6.45, 7) is 3.38. The van der Waals surface area contributed by atoms with Crippen molar-refractivity contribution in [3.8, 4) is 0 Å². The second kappa shape index (κ2) is 1.84. The van der Waals surface area contributed by atoms with Crippen molar-refractivity contribution in [3.63, 3.8) is 0 Å². The van der Waals surface area contributed by atoms with Crippen LogP contribution in [0.2, 0.25) is 0 Å². The molecule has 1 radical (unpaired) electrons. The summed E-state index contributed by atoms with van der Waals surface area (Å²) in [6.07, 6.45) is 2.57. The summed E-state index contributed by atoms with van der Waals surface area (Å²) in [5.74, 6) is 0. The van der Waals surface area contributed by atoms with Crippen LogP contribution in [0.4, 0.5) is 0 Å². The van der Waals surface area contributed by atoms with E-state index in [0.717, 1.165) is 0 Å². The van der Waals surface area contributed by atoms with E-state index in [1.165, 1.54) is 0 Å². The monoisotopic (exact) mass is 125 g/mol. The van der Waals surface area contributed by atoms with Crippen LogP contribution in [0.3, 0.4) is 0 Å². The Morgan fingerprint density at radius 2 is 2.44 bits per heavy atom. The fourth-order valence-electron chi connectivity index (χ4n) is 0.535. The molecule has 1 heterocycles. The summed E-state index contributed by atoms with van der Waals surface area (Å²) in [7, 11) is 0. The highest BCUT2D eigenvalue weighted by Crippen LogP contribution is 2.14. The van der Waals surface area contributed by atoms with Crippen molar-refractivity contribution in [3.05, 3.63) is 18.0 Å². The Labute approximate surface area is 53.7 Å². The molecular formula is C6H9N2O. The predicted molar refractivity (Wildman–Crippen MR) is 32.7 cm³/mol. The first-order chi connectivity index (χ1) is 4.11. The van der Waals surface area contributed by atoms with Gasteiger partial charge in [0, 0.05) is 0 Å². The molecule has 2 N–H and O–H groups in total. The van der Waals surface area contributed by atoms with Crippen molar-refractivity contribution in [2.24, 2.45) is 0 Å². The molecule has 3 nitrogen and oxygen atoms in total. The second-order valence-corrected chi connectivity index (χ2v) is 2.47. The van der Waals surface area contributed by atoms with E-state index in [4.69, 9.17) is 0 Å². The van der Waals surface area contributed by atoms with E-state index in [-0.39, 0.29) is 0 Å². The molecule has 0 saturated heterocycles. The third kappa shape index (κ3) is 1.29. The van der Waals surface area contributed by atoms with E-state index in [1.807, 2.05) is 0 Å². The van der Waals surface area contributed by atoms with Gasteiger partial charge in [-0.25, -0.2) is 0 Å². The summed E-state index contributed by atoms with van der Waals surface area (Å²) in [6, 6.07) is 1.62. The molecule has 0 bridgehead atoms. The van der Waals surface area contributed by atoms with Crippen LogP contribution in [0.25, 0.3) is 0 Å². The van der Waals surface area contributed by atoms with Crippen molar-refractivity contribution in [1.82, 2.24) is 10.2 Å². The topological polar surface area (TPSA) is 48.9 Å². The highest BCUT2D eigenvalue weighted by molar-refractivity contribution is 5.05. The zero-order valence-corrected chi connectivity index (χ0v) is 5.47. The fraction of sp³-hybridized carbons (Fsp3) is 0.500. The molecule has 0 spiro atoms. The molecule has 0 aliphatic rings. The first-order valence-corrected chi connectivity index (χ1v) is 2.75. The van der Waals surface area contributed by atoms with Gasteiger partial charge in [0.2, 0.25) is 0 Å². The van der Waals surface area contributed by atoms with Crippen LogP contribution in [0.15, 0.2) is 6.07 Å². The molecule has 0 aromatic carbocycles. The number of aliphatic hydroxyl groups is 1. The van der Waals surface area contributed by atoms with Gasteiger partial charge < -0.3 is 5.11 Å². The molecule has 1 aromatic heterocycles. The van der Waals surface area contributed by atoms with E-state index in [0.29, 0.717) is 5.69 Å². The van der Waals surface area contributed by atoms with E-state index < -0.39 is 5.60 Å². The average Bonchev–Trinajstić information content (AvgIpc) is 2.08. The molecule has 9 heavy (non-hydrogen) atoms. The summed E-state index contributed by atoms with van der Waals surface area (Å²) < 4.78 is 0. The number of nitrogens with zero attached hydrogens (tertiary/aromatic N) is 1. The molecular weight excluding hydrogens is 116 g/mol. The smallest absolute Gasteiger partial charge is 0.113 e. The zero-order chi connectivity index (χ0) is 6.91. The van der Waals surface area contributed by atoms with Crippen LogP contribution >= 0.6 is 0 Å². The first-order valence-electron chi connectivity index (χ1n) is 2.75. The third-order valence-corrected chi connectivity index (χ3v) is 1.11. The summed E-state index contributed by atoms with van der Waals surface area (Å²) in [4.78, 5) is 0. The molecule has 0 amide bonds. The van der Waals surface area contributed by atoms with Crippen LogP contribution in [-0.2, 0) is 5.60 Å². The third-order valence-electron chi connectivity index (χ3n) is 1.11. The lowest BCUT2D eigenvalue weighted by atomic mass is 10.1. The Balaban J connectivity index is 2.90. The number of rotatable bonds is 1. The van der Waals surface area contributed by atoms with Crippen molar-refractivity contribution >= 4 is 0 Å². The second-order valence-electron chi connectivity index (χ2n) is 2.47. The van der Waals surface area contributed by atoms with Gasteiger partial charge in [0.1, 0.15) is 11.8 Å². The highest BCUT2D eigenvalue weighted by atomic mass is 16.3. The maximum Gasteiger partial charge on any atom is 0.113 e. The lowest BCUT2D eigenvalue weighted by molar-refractivity contribution is 0.0738. The standard InChI is InChI=1S/C6H9N2O/c1-6(2,9)5-3-4-7-8-5/h3,9H,1-2H3,(H,7,8). The number of aromatic nitrogens is 2. The van der Waals surface area contributed by atoms with Crippen molar-refractivity contribution in [2.45, 2.75) is 19.4 Å². The average molecular weight is 125 g/mol. The Bertz CT molecular complexity index is 173. The fourth-order valence-corrected chi connectivity index (χ4v) is 0.535. The predicted octanol–water partition coefficient (Wildman–Crippen LogP) is 0.437. The Morgan fingerprint density at radius 3 is 2.67 bits per heavy atom. The van der Waals surface area contributed by atoms with E-state index in [1.54, 1.807) is 19.9 Å². The Morgan fingerprint density at radius 1 is 1.78 bits per heavy atom. The van der Waals surface area contributed by atoms with Gasteiger partial charge in [-0.1, -0.05) is 0 Å². The largest absolute Gasteiger partial charge is 0.384 e. The molecule has 0 fully saturated rings. The van der Waals surface area contributed by atoms with Crippen molar-refractivity contribution in [2.75, 3.05) is 0 Å². The van der Waals surface area contributed by atoms with E-state index in [2.05, 4.69) is 16.4 Å². The van der Waals surface area contributed by atoms with Crippen LogP contribution in [-0.4, -0.2) is 15.3 Å². The van der Waals surface area contributed by atoms with Gasteiger partial charge >= 0.3 is 0 Å². The minimum atomic E-state index is -0.826. The van der Waals surface area contributed by atoms with Crippen LogP contribution in [0.1, 0.15) is 19.5 Å². The number of aromatic amines is 1. The lowest BCUT2D eigenvalue weighted by Gasteiger charge is -2.13. The number of hydrogen-bond donors (Lipinski definition) is 2. The van der Waals surface area contributed by atoms with Crippen molar-refractivity contribution < 1.29 is 5.11 Å². The van der Waals surface area contributed by atoms with E-state index >= 15 is 0 Å². The van der Waals surface area contributed by atoms with Gasteiger partial charge in [0.15, 0.2) is 0 Å². The normalized spacial score (nSPS) is 11.9. The summed E-state index contributed by atoms with van der Waals surface area (Å²) in [5.41, 5.74) is -0.144. The van der Waals surface area contributed by atoms with Crippen LogP contribution < -0.4 is 0 Å². The van der Waals surface area contributed by atoms with Gasteiger partial charge in [-0.3, -0.25) is 5.10 Å². The molecule has 49 valence electrons. The molecule has 1 aromatic rings. The minimum absolute atomic E-state index is 0.683. The molecule has 0 unspecified atom stereocenters. The number of nitrogens with one attached hydrogen (secondary N) is 1. The minimum Gasteiger partial charge on any atom is -0.384 e. The Kier molecular flexibility index (Phi) is 1.29. The summed E-state index contributed by atoms with van der Waals surface area (Å²) >= 11 is 0. The van der Waals surface area contributed by atoms with Gasteiger partial charge in [0.25, 0.3) is 0 Å². The quantitative estimate of drug-likeness (QED) is 0.572. The highest BCUT2D eigenvalue weighted by Gasteiger charge is 2.16. The maximum absolute atomic E-state index is 9.29. The first kappa shape index (κ1) is 6.29. The van der Waals surface area contributed by atoms with Crippen LogP contribution in [0, 0.1) is 6.20 Å². The molecule has 0 saturated carbocycles. The number of hydrogen-bond acceptors (Lipinski definition) is 2. The van der Waals surface area contributed by atoms with E-state index in [9.17, 15) is 5.11 Å². The summed E-state index contributed by atoms with van der Waals surface area (Å²) in [5, 5.41) is 15.5. The SMILES string of the molecule is CC(C)(O)c1c[c]n[nH]1. The van der Waals surface area contributed by atoms with Gasteiger partial charge in [-0.2, -0.15) is 5.10 Å². The van der Waals surface area contributed by atoms with Crippen LogP contribution in [0.5, 0.6) is 0 Å². The molecule has 0 aliphatic carbocycles. The Hall–Kier alpha value is -0.830. The zero-order valence-electron chi connectivity index (χ0n) is 5.47. The molecule has 0 atom stereocenters. The van der Waals surface area contributed by atoms with Gasteiger partial charge in [0.05, 0.1) is 5.69 Å². The lowest BCUT2D eigenvalue weighted by Crippen LogP contribution is -2.15. The van der Waals surface area contributed by atoms with Gasteiger partial charge in [-0.15, -0.1) is 0 Å². The maximum atomic E-state index is 9.29.